The van der Waals surface area contributed by atoms with Crippen LogP contribution in [-0.4, -0.2) is 60.4 Å². The maximum atomic E-state index is 12.1. The van der Waals surface area contributed by atoms with E-state index in [0.29, 0.717) is 24.9 Å². The van der Waals surface area contributed by atoms with E-state index in [-0.39, 0.29) is 11.8 Å². The van der Waals surface area contributed by atoms with Crippen LogP contribution in [0.15, 0.2) is 0 Å². The van der Waals surface area contributed by atoms with E-state index in [1.807, 2.05) is 4.90 Å². The summed E-state index contributed by atoms with van der Waals surface area (Å²) in [6, 6.07) is 0.481. The zero-order valence-electron chi connectivity index (χ0n) is 11.4. The predicted molar refractivity (Wildman–Crippen MR) is 71.5 cm³/mol. The Kier molecular flexibility index (Phi) is 3.73. The Bertz CT molecular complexity index is 362. The lowest BCUT2D eigenvalue weighted by atomic mass is 10.0. The third-order valence-corrected chi connectivity index (χ3v) is 4.53. The van der Waals surface area contributed by atoms with Crippen molar-refractivity contribution in [1.82, 2.24) is 15.1 Å². The number of carbonyl (C=O) groups excluding carboxylic acids is 2. The lowest BCUT2D eigenvalue weighted by molar-refractivity contribution is -0.145. The van der Waals surface area contributed by atoms with E-state index in [1.165, 1.54) is 6.42 Å². The van der Waals surface area contributed by atoms with Crippen molar-refractivity contribution in [3.05, 3.63) is 0 Å². The van der Waals surface area contributed by atoms with Crippen LogP contribution < -0.4 is 5.32 Å². The van der Waals surface area contributed by atoms with Gasteiger partial charge in [-0.2, -0.15) is 0 Å². The molecular formula is C14H23N3O2. The molecule has 0 aromatic carbocycles. The number of carbonyl (C=O) groups is 2. The third-order valence-electron chi connectivity index (χ3n) is 4.53. The molecule has 1 saturated carbocycles. The highest BCUT2D eigenvalue weighted by Crippen LogP contribution is 2.28. The van der Waals surface area contributed by atoms with Crippen LogP contribution in [0.1, 0.15) is 32.1 Å². The Morgan fingerprint density at radius 3 is 2.74 bits per heavy atom. The summed E-state index contributed by atoms with van der Waals surface area (Å²) in [5, 5.41) is 3.32. The average Bonchev–Trinajstić information content (AvgIpc) is 3.12. The van der Waals surface area contributed by atoms with Crippen LogP contribution >= 0.6 is 0 Å². The minimum atomic E-state index is 0.143. The van der Waals surface area contributed by atoms with E-state index in [4.69, 9.17) is 0 Å². The lowest BCUT2D eigenvalue weighted by Crippen LogP contribution is -2.52. The number of piperazine rings is 1. The van der Waals surface area contributed by atoms with Crippen molar-refractivity contribution < 1.29 is 9.59 Å². The lowest BCUT2D eigenvalue weighted by Gasteiger charge is -2.34. The summed E-state index contributed by atoms with van der Waals surface area (Å²) < 4.78 is 0. The largest absolute Gasteiger partial charge is 0.336 e. The number of hydrogen-bond acceptors (Lipinski definition) is 3. The van der Waals surface area contributed by atoms with Gasteiger partial charge < -0.3 is 15.1 Å². The fourth-order valence-electron chi connectivity index (χ4n) is 3.12. The first-order chi connectivity index (χ1) is 9.24. The van der Waals surface area contributed by atoms with Crippen molar-refractivity contribution in [3.63, 3.8) is 0 Å². The van der Waals surface area contributed by atoms with E-state index < -0.39 is 0 Å². The summed E-state index contributed by atoms with van der Waals surface area (Å²) in [5.74, 6) is 0.952. The first kappa shape index (κ1) is 12.9. The minimum Gasteiger partial charge on any atom is -0.336 e. The molecule has 0 radical (unpaired) electrons. The SMILES string of the molecule is O=C(CCC1CCNC1)N1CCN(C2CC2)C(=O)C1. The standard InChI is InChI=1S/C14H23N3O2/c18-13(4-1-11-5-6-15-9-11)16-7-8-17(12-2-3-12)14(19)10-16/h11-12,15H,1-10H2. The van der Waals surface area contributed by atoms with E-state index >= 15 is 0 Å². The van der Waals surface area contributed by atoms with Gasteiger partial charge in [-0.25, -0.2) is 0 Å². The van der Waals surface area contributed by atoms with Crippen LogP contribution in [0.3, 0.4) is 0 Å². The van der Waals surface area contributed by atoms with Crippen LogP contribution in [0.5, 0.6) is 0 Å². The maximum Gasteiger partial charge on any atom is 0.242 e. The van der Waals surface area contributed by atoms with Crippen LogP contribution in [-0.2, 0) is 9.59 Å². The van der Waals surface area contributed by atoms with Gasteiger partial charge in [0, 0.05) is 25.6 Å². The predicted octanol–water partition coefficient (Wildman–Crippen LogP) is 0.209. The summed E-state index contributed by atoms with van der Waals surface area (Å²) in [7, 11) is 0. The Labute approximate surface area is 114 Å². The van der Waals surface area contributed by atoms with Gasteiger partial charge in [-0.3, -0.25) is 9.59 Å². The van der Waals surface area contributed by atoms with E-state index in [9.17, 15) is 9.59 Å². The number of nitrogens with zero attached hydrogens (tertiary/aromatic N) is 2. The molecule has 2 aliphatic heterocycles. The van der Waals surface area contributed by atoms with Gasteiger partial charge in [0.2, 0.25) is 11.8 Å². The molecule has 1 N–H and O–H groups in total. The summed E-state index contributed by atoms with van der Waals surface area (Å²) in [6.45, 7) is 3.89. The molecular weight excluding hydrogens is 242 g/mol. The number of amides is 2. The highest BCUT2D eigenvalue weighted by molar-refractivity contribution is 5.86. The van der Waals surface area contributed by atoms with Gasteiger partial charge in [0.25, 0.3) is 0 Å². The molecule has 0 aromatic rings. The molecule has 5 heteroatoms. The van der Waals surface area contributed by atoms with Crippen LogP contribution in [0.2, 0.25) is 0 Å². The molecule has 1 atom stereocenters. The van der Waals surface area contributed by atoms with Crippen LogP contribution in [0.4, 0.5) is 0 Å². The second kappa shape index (κ2) is 5.49. The third kappa shape index (κ3) is 3.08. The first-order valence-electron chi connectivity index (χ1n) is 7.52. The molecule has 2 heterocycles. The van der Waals surface area contributed by atoms with E-state index in [2.05, 4.69) is 5.32 Å². The molecule has 0 bridgehead atoms. The topological polar surface area (TPSA) is 52.7 Å². The van der Waals surface area contributed by atoms with Gasteiger partial charge in [0.1, 0.15) is 0 Å². The highest BCUT2D eigenvalue weighted by atomic mass is 16.2. The fraction of sp³-hybridized carbons (Fsp3) is 0.857. The maximum absolute atomic E-state index is 12.1. The molecule has 106 valence electrons. The quantitative estimate of drug-likeness (QED) is 0.790. The Hall–Kier alpha value is -1.10. The van der Waals surface area contributed by atoms with E-state index in [1.54, 1.807) is 4.90 Å². The smallest absolute Gasteiger partial charge is 0.242 e. The number of nitrogens with one attached hydrogen (secondary N) is 1. The fourth-order valence-corrected chi connectivity index (χ4v) is 3.12. The monoisotopic (exact) mass is 265 g/mol. The van der Waals surface area contributed by atoms with Crippen molar-refractivity contribution in [2.75, 3.05) is 32.7 Å². The van der Waals surface area contributed by atoms with Gasteiger partial charge in [-0.1, -0.05) is 0 Å². The Morgan fingerprint density at radius 2 is 2.11 bits per heavy atom. The molecule has 1 unspecified atom stereocenters. The Morgan fingerprint density at radius 1 is 1.26 bits per heavy atom. The summed E-state index contributed by atoms with van der Waals surface area (Å²) in [4.78, 5) is 27.8. The molecule has 3 rings (SSSR count). The number of hydrogen-bond donors (Lipinski definition) is 1. The van der Waals surface area contributed by atoms with Crippen LogP contribution in [0.25, 0.3) is 0 Å². The van der Waals surface area contributed by atoms with Crippen molar-refractivity contribution in [3.8, 4) is 0 Å². The van der Waals surface area contributed by atoms with E-state index in [0.717, 1.165) is 45.4 Å². The highest BCUT2D eigenvalue weighted by Gasteiger charge is 2.36. The molecule has 19 heavy (non-hydrogen) atoms. The molecule has 0 aromatic heterocycles. The Balaban J connectivity index is 1.43. The van der Waals surface area contributed by atoms with Gasteiger partial charge in [0.15, 0.2) is 0 Å². The van der Waals surface area contributed by atoms with Crippen molar-refractivity contribution in [2.45, 2.75) is 38.1 Å². The normalized spacial score (nSPS) is 28.0. The van der Waals surface area contributed by atoms with Crippen molar-refractivity contribution >= 4 is 11.8 Å². The molecule has 3 fully saturated rings. The summed E-state index contributed by atoms with van der Waals surface area (Å²) in [6.07, 6.45) is 5.04. The van der Waals surface area contributed by atoms with Gasteiger partial charge in [-0.15, -0.1) is 0 Å². The average molecular weight is 265 g/mol. The summed E-state index contributed by atoms with van der Waals surface area (Å²) in [5.41, 5.74) is 0. The summed E-state index contributed by atoms with van der Waals surface area (Å²) >= 11 is 0. The van der Waals surface area contributed by atoms with Gasteiger partial charge >= 0.3 is 0 Å². The second-order valence-corrected chi connectivity index (χ2v) is 6.03. The molecule has 2 saturated heterocycles. The van der Waals surface area contributed by atoms with Crippen molar-refractivity contribution in [1.29, 1.82) is 0 Å². The van der Waals surface area contributed by atoms with Gasteiger partial charge in [0.05, 0.1) is 6.54 Å². The molecule has 3 aliphatic rings. The van der Waals surface area contributed by atoms with Gasteiger partial charge in [-0.05, 0) is 44.7 Å². The number of rotatable bonds is 4. The molecule has 0 spiro atoms. The second-order valence-electron chi connectivity index (χ2n) is 6.03. The zero-order chi connectivity index (χ0) is 13.2. The molecule has 1 aliphatic carbocycles. The zero-order valence-corrected chi connectivity index (χ0v) is 11.4. The molecule has 5 nitrogen and oxygen atoms in total. The first-order valence-corrected chi connectivity index (χ1v) is 7.52. The minimum absolute atomic E-state index is 0.143. The van der Waals surface area contributed by atoms with Crippen molar-refractivity contribution in [2.24, 2.45) is 5.92 Å². The molecule has 2 amide bonds. The van der Waals surface area contributed by atoms with Crippen LogP contribution in [0, 0.1) is 5.92 Å².